The predicted molar refractivity (Wildman–Crippen MR) is 98.1 cm³/mol. The fraction of sp³-hybridized carbons (Fsp3) is 0.429. The topological polar surface area (TPSA) is 0 Å². The van der Waals surface area contributed by atoms with Gasteiger partial charge in [-0.15, -0.1) is 0 Å². The van der Waals surface area contributed by atoms with Gasteiger partial charge >= 0.3 is 0 Å². The molecule has 0 unspecified atom stereocenters. The minimum Gasteiger partial charge on any atom is -0.0872 e. The molecule has 3 rings (SSSR count). The maximum Gasteiger partial charge on any atom is 0.152 e. The first-order valence-electron chi connectivity index (χ1n) is 8.32. The first-order valence-corrected chi connectivity index (χ1v) is 8.32. The zero-order valence-electron chi connectivity index (χ0n) is 14.5. The van der Waals surface area contributed by atoms with Gasteiger partial charge in [0.05, 0.1) is 0 Å². The predicted octanol–water partition coefficient (Wildman–Crippen LogP) is 5.08. The summed E-state index contributed by atoms with van der Waals surface area (Å²) in [6.45, 7) is 11.7. The molecule has 0 saturated carbocycles. The van der Waals surface area contributed by atoms with E-state index in [0.29, 0.717) is 10.8 Å². The molecule has 0 amide bonds. The van der Waals surface area contributed by atoms with E-state index in [4.69, 9.17) is 0 Å². The van der Waals surface area contributed by atoms with Crippen LogP contribution in [0.3, 0.4) is 0 Å². The molecule has 0 atom stereocenters. The molecule has 2 aromatic carbocycles. The van der Waals surface area contributed by atoms with Gasteiger partial charge in [-0.25, -0.2) is 0 Å². The van der Waals surface area contributed by atoms with Crippen molar-refractivity contribution in [1.29, 1.82) is 0 Å². The molecule has 0 fully saturated rings. The highest BCUT2D eigenvalue weighted by Gasteiger charge is 2.32. The van der Waals surface area contributed by atoms with Crippen molar-refractivity contribution in [3.8, 4) is 11.1 Å². The Bertz CT molecular complexity index is 689. The van der Waals surface area contributed by atoms with Gasteiger partial charge in [-0.05, 0) is 39.5 Å². The van der Waals surface area contributed by atoms with Gasteiger partial charge in [0, 0.05) is 0 Å². The molecule has 1 aliphatic rings. The Morgan fingerprint density at radius 1 is 0.864 bits per heavy atom. The molecule has 22 heavy (non-hydrogen) atoms. The fourth-order valence-corrected chi connectivity index (χ4v) is 2.95. The molecule has 0 aliphatic heterocycles. The summed E-state index contributed by atoms with van der Waals surface area (Å²) in [5, 5.41) is 0. The quantitative estimate of drug-likeness (QED) is 0.590. The summed E-state index contributed by atoms with van der Waals surface area (Å²) >= 11 is 0. The molecule has 1 aliphatic carbocycles. The van der Waals surface area contributed by atoms with Crippen LogP contribution in [0.25, 0.3) is 11.1 Å². The average Bonchev–Trinajstić information content (AvgIpc) is 2.82. The molecule has 0 N–H and O–H groups in total. The molecule has 0 bridgehead atoms. The molecule has 113 valence electrons. The van der Waals surface area contributed by atoms with Crippen molar-refractivity contribution in [1.82, 2.24) is 0 Å². The van der Waals surface area contributed by atoms with E-state index in [1.54, 1.807) is 0 Å². The van der Waals surface area contributed by atoms with E-state index in [0.717, 1.165) is 12.7 Å². The summed E-state index contributed by atoms with van der Waals surface area (Å²) < 4.78 is 0. The van der Waals surface area contributed by atoms with Gasteiger partial charge in [-0.3, -0.25) is 0 Å². The zero-order chi connectivity index (χ0) is 16.0. The fourth-order valence-electron chi connectivity index (χ4n) is 2.95. The summed E-state index contributed by atoms with van der Waals surface area (Å²) in [7, 11) is 2.41. The number of hydrogen-bond acceptors (Lipinski definition) is 0. The third kappa shape index (κ3) is 2.74. The number of fused-ring (bicyclic) bond motifs is 3. The minimum atomic E-state index is 0.296. The van der Waals surface area contributed by atoms with Crippen LogP contribution in [-0.2, 0) is 6.42 Å². The van der Waals surface area contributed by atoms with Gasteiger partial charge in [0.25, 0.3) is 0 Å². The second kappa shape index (κ2) is 5.30. The maximum absolute atomic E-state index is 2.41. The van der Waals surface area contributed by atoms with Gasteiger partial charge in [0.2, 0.25) is 0 Å². The Morgan fingerprint density at radius 3 is 2.27 bits per heavy atom. The van der Waals surface area contributed by atoms with E-state index >= 15 is 0 Å². The Hall–Kier alpha value is -1.50. The van der Waals surface area contributed by atoms with Gasteiger partial charge in [0.15, 0.2) is 7.28 Å². The van der Waals surface area contributed by atoms with Crippen LogP contribution in [-0.4, -0.2) is 7.28 Å². The van der Waals surface area contributed by atoms with E-state index in [1.807, 2.05) is 0 Å². The Balaban J connectivity index is 1.82. The lowest BCUT2D eigenvalue weighted by Crippen LogP contribution is -2.33. The van der Waals surface area contributed by atoms with Crippen molar-refractivity contribution in [2.75, 3.05) is 0 Å². The lowest BCUT2D eigenvalue weighted by Gasteiger charge is -2.39. The van der Waals surface area contributed by atoms with E-state index in [1.165, 1.54) is 27.7 Å². The second-order valence-electron chi connectivity index (χ2n) is 8.29. The third-order valence-electron chi connectivity index (χ3n) is 5.70. The van der Waals surface area contributed by atoms with Crippen molar-refractivity contribution in [3.05, 3.63) is 53.6 Å². The SMILES string of the molecule is CC(C)(C)C(C)(C)C[B]c1ccc2c(c1)-c1ccccc1C2. The van der Waals surface area contributed by atoms with Gasteiger partial charge < -0.3 is 0 Å². The van der Waals surface area contributed by atoms with Crippen molar-refractivity contribution in [2.24, 2.45) is 10.8 Å². The molecule has 1 heteroatoms. The number of rotatable bonds is 3. The standard InChI is InChI=1S/C21H26B/c1-20(2,3)21(4,5)14-22-17-11-10-16-12-15-8-6-7-9-18(15)19(16)13-17/h6-11,13H,12,14H2,1-5H3. The van der Waals surface area contributed by atoms with Crippen LogP contribution in [0, 0.1) is 10.8 Å². The highest BCUT2D eigenvalue weighted by atomic mass is 14.3. The highest BCUT2D eigenvalue weighted by molar-refractivity contribution is 6.53. The normalized spacial score (nSPS) is 13.7. The van der Waals surface area contributed by atoms with E-state index in [2.05, 4.69) is 84.4 Å². The van der Waals surface area contributed by atoms with Crippen molar-refractivity contribution < 1.29 is 0 Å². The Kier molecular flexibility index (Phi) is 3.71. The van der Waals surface area contributed by atoms with Crippen molar-refractivity contribution in [2.45, 2.75) is 47.4 Å². The second-order valence-corrected chi connectivity index (χ2v) is 8.29. The van der Waals surface area contributed by atoms with Crippen molar-refractivity contribution >= 4 is 12.7 Å². The molecular formula is C21H26B. The average molecular weight is 289 g/mol. The van der Waals surface area contributed by atoms with Crippen LogP contribution in [0.2, 0.25) is 6.32 Å². The van der Waals surface area contributed by atoms with Crippen LogP contribution in [0.1, 0.15) is 45.7 Å². The van der Waals surface area contributed by atoms with Crippen LogP contribution in [0.15, 0.2) is 42.5 Å². The summed E-state index contributed by atoms with van der Waals surface area (Å²) in [4.78, 5) is 0. The van der Waals surface area contributed by atoms with Gasteiger partial charge in [0.1, 0.15) is 0 Å². The van der Waals surface area contributed by atoms with E-state index < -0.39 is 0 Å². The Morgan fingerprint density at radius 2 is 1.55 bits per heavy atom. The van der Waals surface area contributed by atoms with E-state index in [9.17, 15) is 0 Å². The lowest BCUT2D eigenvalue weighted by molar-refractivity contribution is 0.157. The molecule has 0 spiro atoms. The van der Waals surface area contributed by atoms with Crippen LogP contribution >= 0.6 is 0 Å². The highest BCUT2D eigenvalue weighted by Crippen LogP contribution is 2.41. The Labute approximate surface area is 136 Å². The lowest BCUT2D eigenvalue weighted by atomic mass is 9.53. The first-order chi connectivity index (χ1) is 10.3. The molecule has 0 nitrogen and oxygen atoms in total. The molecule has 0 aromatic heterocycles. The summed E-state index contributed by atoms with van der Waals surface area (Å²) in [5.74, 6) is 0. The molecule has 2 aromatic rings. The molecule has 0 saturated heterocycles. The van der Waals surface area contributed by atoms with Crippen LogP contribution in [0.5, 0.6) is 0 Å². The minimum absolute atomic E-state index is 0.296. The number of hydrogen-bond donors (Lipinski definition) is 0. The van der Waals surface area contributed by atoms with E-state index in [-0.39, 0.29) is 0 Å². The monoisotopic (exact) mass is 289 g/mol. The van der Waals surface area contributed by atoms with Crippen LogP contribution < -0.4 is 5.46 Å². The van der Waals surface area contributed by atoms with Gasteiger partial charge in [-0.2, -0.15) is 0 Å². The zero-order valence-corrected chi connectivity index (χ0v) is 14.5. The molecule has 1 radical (unpaired) electrons. The molecular weight excluding hydrogens is 263 g/mol. The van der Waals surface area contributed by atoms with Crippen LogP contribution in [0.4, 0.5) is 0 Å². The van der Waals surface area contributed by atoms with Crippen molar-refractivity contribution in [3.63, 3.8) is 0 Å². The first kappa shape index (κ1) is 15.4. The summed E-state index contributed by atoms with van der Waals surface area (Å²) in [6.07, 6.45) is 2.19. The molecule has 0 heterocycles. The third-order valence-corrected chi connectivity index (χ3v) is 5.70. The largest absolute Gasteiger partial charge is 0.152 e. The summed E-state index contributed by atoms with van der Waals surface area (Å²) in [6, 6.07) is 15.8. The smallest absolute Gasteiger partial charge is 0.0872 e. The maximum atomic E-state index is 2.41. The van der Waals surface area contributed by atoms with Gasteiger partial charge in [-0.1, -0.05) is 88.9 Å². The number of benzene rings is 2. The summed E-state index contributed by atoms with van der Waals surface area (Å²) in [5.41, 5.74) is 7.74.